The fourth-order valence-corrected chi connectivity index (χ4v) is 0.937. The van der Waals surface area contributed by atoms with Crippen LogP contribution in [0.1, 0.15) is 5.56 Å². The van der Waals surface area contributed by atoms with Gasteiger partial charge in [0.25, 0.3) is 0 Å². The summed E-state index contributed by atoms with van der Waals surface area (Å²) in [4.78, 5) is 10.3. The van der Waals surface area contributed by atoms with Crippen molar-refractivity contribution in [2.75, 3.05) is 0 Å². The molecule has 0 saturated carbocycles. The molecule has 0 heterocycles. The van der Waals surface area contributed by atoms with E-state index in [1.807, 2.05) is 0 Å². The van der Waals surface area contributed by atoms with Gasteiger partial charge in [0.1, 0.15) is 6.61 Å². The number of alkyl halides is 3. The van der Waals surface area contributed by atoms with Crippen LogP contribution in [-0.2, 0) is 16.1 Å². The smallest absolute Gasteiger partial charge is 0.454 e. The predicted octanol–water partition coefficient (Wildman–Crippen LogP) is 2.95. The Bertz CT molecular complexity index is 345. The summed E-state index contributed by atoms with van der Waals surface area (Å²) < 4.78 is 39.2. The fraction of sp³-hybridized carbons (Fsp3) is 0.222. The summed E-state index contributed by atoms with van der Waals surface area (Å²) in [5, 5.41) is 0.459. The number of hydrogen-bond acceptors (Lipinski definition) is 2. The molecule has 2 nitrogen and oxygen atoms in total. The molecule has 0 spiro atoms. The first-order valence-corrected chi connectivity index (χ1v) is 4.26. The normalized spacial score (nSPS) is 11.2. The molecule has 0 atom stereocenters. The van der Waals surface area contributed by atoms with Crippen molar-refractivity contribution in [3.8, 4) is 0 Å². The maximum atomic E-state index is 11.7. The van der Waals surface area contributed by atoms with Crippen molar-refractivity contribution >= 4 is 17.6 Å². The van der Waals surface area contributed by atoms with E-state index in [-0.39, 0.29) is 0 Å². The highest BCUT2D eigenvalue weighted by molar-refractivity contribution is 6.30. The quantitative estimate of drug-likeness (QED) is 0.741. The van der Waals surface area contributed by atoms with E-state index in [1.165, 1.54) is 24.3 Å². The Labute approximate surface area is 88.6 Å². The van der Waals surface area contributed by atoms with Gasteiger partial charge in [-0.15, -0.1) is 0 Å². The topological polar surface area (TPSA) is 26.3 Å². The van der Waals surface area contributed by atoms with Crippen LogP contribution in [0.15, 0.2) is 24.3 Å². The lowest BCUT2D eigenvalue weighted by Crippen LogP contribution is -2.25. The molecule has 1 aromatic carbocycles. The molecule has 0 N–H and O–H groups in total. The third kappa shape index (κ3) is 3.79. The fourth-order valence-electron chi connectivity index (χ4n) is 0.811. The number of carbonyl (C=O) groups is 1. The Kier molecular flexibility index (Phi) is 3.57. The molecule has 0 radical (unpaired) electrons. The number of carbonyl (C=O) groups excluding carboxylic acids is 1. The first kappa shape index (κ1) is 11.8. The lowest BCUT2D eigenvalue weighted by molar-refractivity contribution is -0.201. The molecule has 0 aliphatic rings. The average Bonchev–Trinajstić information content (AvgIpc) is 2.15. The highest BCUT2D eigenvalue weighted by Gasteiger charge is 2.40. The zero-order valence-electron chi connectivity index (χ0n) is 7.34. The Morgan fingerprint density at radius 1 is 1.27 bits per heavy atom. The molecule has 0 saturated heterocycles. The minimum absolute atomic E-state index is 0.421. The van der Waals surface area contributed by atoms with Crippen LogP contribution in [0.2, 0.25) is 5.02 Å². The number of esters is 1. The van der Waals surface area contributed by atoms with Crippen LogP contribution in [-0.4, -0.2) is 12.1 Å². The molecule has 1 aromatic rings. The number of halogens is 4. The van der Waals surface area contributed by atoms with Gasteiger partial charge < -0.3 is 4.74 Å². The maximum absolute atomic E-state index is 11.7. The van der Waals surface area contributed by atoms with Gasteiger partial charge in [-0.1, -0.05) is 23.7 Å². The second-order valence-corrected chi connectivity index (χ2v) is 3.14. The van der Waals surface area contributed by atoms with Crippen LogP contribution >= 0.6 is 11.6 Å². The summed E-state index contributed by atoms with van der Waals surface area (Å²) in [6, 6.07) is 5.95. The molecule has 6 heteroatoms. The zero-order valence-corrected chi connectivity index (χ0v) is 8.10. The zero-order chi connectivity index (χ0) is 11.5. The lowest BCUT2D eigenvalue weighted by atomic mass is 10.2. The van der Waals surface area contributed by atoms with Crippen LogP contribution in [0.5, 0.6) is 0 Å². The van der Waals surface area contributed by atoms with Gasteiger partial charge in [-0.2, -0.15) is 13.2 Å². The molecule has 0 unspecified atom stereocenters. The number of hydrogen-bond donors (Lipinski definition) is 0. The van der Waals surface area contributed by atoms with E-state index in [0.717, 1.165) is 0 Å². The summed E-state index contributed by atoms with van der Waals surface area (Å²) in [5.74, 6) is -2.20. The van der Waals surface area contributed by atoms with Crippen molar-refractivity contribution < 1.29 is 22.7 Å². The van der Waals surface area contributed by atoms with Crippen LogP contribution in [0, 0.1) is 0 Å². The second kappa shape index (κ2) is 4.53. The minimum atomic E-state index is -4.95. The molecule has 0 fully saturated rings. The predicted molar refractivity (Wildman–Crippen MR) is 47.3 cm³/mol. The van der Waals surface area contributed by atoms with Gasteiger partial charge in [-0.25, -0.2) is 4.79 Å². The number of benzene rings is 1. The molecular formula is C9H6ClF3O2. The highest BCUT2D eigenvalue weighted by atomic mass is 35.5. The van der Waals surface area contributed by atoms with Crippen molar-refractivity contribution in [1.29, 1.82) is 0 Å². The van der Waals surface area contributed by atoms with Crippen LogP contribution in [0.25, 0.3) is 0 Å². The number of rotatable bonds is 2. The Hall–Kier alpha value is -1.23. The molecule has 0 aliphatic heterocycles. The summed E-state index contributed by atoms with van der Waals surface area (Å²) in [6.45, 7) is -0.421. The van der Waals surface area contributed by atoms with Gasteiger partial charge in [0, 0.05) is 5.02 Å². The van der Waals surface area contributed by atoms with Crippen molar-refractivity contribution in [1.82, 2.24) is 0 Å². The SMILES string of the molecule is O=C(OCc1ccc(Cl)cc1)C(F)(F)F. The van der Waals surface area contributed by atoms with Gasteiger partial charge in [0.15, 0.2) is 0 Å². The van der Waals surface area contributed by atoms with E-state index < -0.39 is 18.8 Å². The maximum Gasteiger partial charge on any atom is 0.490 e. The lowest BCUT2D eigenvalue weighted by Gasteiger charge is -2.06. The van der Waals surface area contributed by atoms with E-state index >= 15 is 0 Å². The van der Waals surface area contributed by atoms with E-state index in [1.54, 1.807) is 0 Å². The first-order valence-electron chi connectivity index (χ1n) is 3.88. The summed E-state index contributed by atoms with van der Waals surface area (Å²) in [7, 11) is 0. The summed E-state index contributed by atoms with van der Waals surface area (Å²) in [6.07, 6.45) is -4.95. The molecule has 0 aromatic heterocycles. The van der Waals surface area contributed by atoms with Gasteiger partial charge in [0.2, 0.25) is 0 Å². The van der Waals surface area contributed by atoms with E-state index in [9.17, 15) is 18.0 Å². The second-order valence-electron chi connectivity index (χ2n) is 2.70. The Balaban J connectivity index is 2.51. The Morgan fingerprint density at radius 3 is 2.27 bits per heavy atom. The van der Waals surface area contributed by atoms with Crippen molar-refractivity contribution in [3.63, 3.8) is 0 Å². The Morgan fingerprint density at radius 2 is 1.80 bits per heavy atom. The summed E-state index contributed by atoms with van der Waals surface area (Å²) in [5.41, 5.74) is 0.442. The molecule has 0 amide bonds. The third-order valence-electron chi connectivity index (χ3n) is 1.51. The molecule has 0 aliphatic carbocycles. The average molecular weight is 239 g/mol. The molecule has 82 valence electrons. The molecule has 0 bridgehead atoms. The monoisotopic (exact) mass is 238 g/mol. The van der Waals surface area contributed by atoms with Crippen molar-refractivity contribution in [3.05, 3.63) is 34.9 Å². The summed E-state index contributed by atoms with van der Waals surface area (Å²) >= 11 is 5.56. The van der Waals surface area contributed by atoms with Gasteiger partial charge >= 0.3 is 12.1 Å². The van der Waals surface area contributed by atoms with Gasteiger partial charge in [-0.3, -0.25) is 0 Å². The molecular weight excluding hydrogens is 233 g/mol. The minimum Gasteiger partial charge on any atom is -0.454 e. The van der Waals surface area contributed by atoms with Crippen molar-refractivity contribution in [2.45, 2.75) is 12.8 Å². The number of ether oxygens (including phenoxy) is 1. The van der Waals surface area contributed by atoms with Crippen LogP contribution < -0.4 is 0 Å². The molecule has 1 rings (SSSR count). The third-order valence-corrected chi connectivity index (χ3v) is 1.77. The van der Waals surface area contributed by atoms with Crippen molar-refractivity contribution in [2.24, 2.45) is 0 Å². The highest BCUT2D eigenvalue weighted by Crippen LogP contribution is 2.18. The van der Waals surface area contributed by atoms with Crippen LogP contribution in [0.3, 0.4) is 0 Å². The standard InChI is InChI=1S/C9H6ClF3O2/c10-7-3-1-6(2-4-7)5-15-8(14)9(11,12)13/h1-4H,5H2. The van der Waals surface area contributed by atoms with Gasteiger partial charge in [0.05, 0.1) is 0 Å². The van der Waals surface area contributed by atoms with Gasteiger partial charge in [-0.05, 0) is 17.7 Å². The van der Waals surface area contributed by atoms with E-state index in [0.29, 0.717) is 10.6 Å². The first-order chi connectivity index (χ1) is 6.89. The van der Waals surface area contributed by atoms with E-state index in [4.69, 9.17) is 11.6 Å². The molecule has 15 heavy (non-hydrogen) atoms. The largest absolute Gasteiger partial charge is 0.490 e. The van der Waals surface area contributed by atoms with E-state index in [2.05, 4.69) is 4.74 Å². The van der Waals surface area contributed by atoms with Crippen LogP contribution in [0.4, 0.5) is 13.2 Å².